The molecule has 1 rings (SSSR count). The molecule has 18 heavy (non-hydrogen) atoms. The topological polar surface area (TPSA) is 51.5 Å². The van der Waals surface area contributed by atoms with E-state index < -0.39 is 0 Å². The Bertz CT molecular complexity index is 409. The Kier molecular flexibility index (Phi) is 4.96. The predicted octanol–water partition coefficient (Wildman–Crippen LogP) is 2.74. The number of furan rings is 1. The van der Waals surface area contributed by atoms with E-state index >= 15 is 0 Å². The molecule has 0 radical (unpaired) electrons. The second-order valence-electron chi connectivity index (χ2n) is 5.00. The second kappa shape index (κ2) is 6.05. The molecule has 102 valence electrons. The smallest absolute Gasteiger partial charge is 0.323 e. The third-order valence-corrected chi connectivity index (χ3v) is 3.10. The molecule has 0 saturated carbocycles. The molecule has 0 saturated heterocycles. The first-order valence-corrected chi connectivity index (χ1v) is 6.27. The number of carbonyl (C=O) groups excluding carboxylic acids is 1. The van der Waals surface area contributed by atoms with E-state index in [1.54, 1.807) is 0 Å². The molecule has 1 heterocycles. The molecule has 0 aliphatic heterocycles. The molecule has 1 unspecified atom stereocenters. The van der Waals surface area contributed by atoms with Crippen LogP contribution < -0.4 is 5.32 Å². The Morgan fingerprint density at radius 1 is 1.33 bits per heavy atom. The van der Waals surface area contributed by atoms with Crippen LogP contribution in [0.15, 0.2) is 10.5 Å². The summed E-state index contributed by atoms with van der Waals surface area (Å²) in [4.78, 5) is 11.7. The predicted molar refractivity (Wildman–Crippen MR) is 70.4 cm³/mol. The number of ether oxygens (including phenoxy) is 1. The van der Waals surface area contributed by atoms with Crippen molar-refractivity contribution in [1.29, 1.82) is 0 Å². The van der Waals surface area contributed by atoms with Crippen molar-refractivity contribution in [2.24, 2.45) is 5.92 Å². The molecule has 0 spiro atoms. The Labute approximate surface area is 109 Å². The normalized spacial score (nSPS) is 14.6. The summed E-state index contributed by atoms with van der Waals surface area (Å²) in [7, 11) is 1.41. The number of hydrogen-bond acceptors (Lipinski definition) is 4. The van der Waals surface area contributed by atoms with Gasteiger partial charge in [0, 0.05) is 11.6 Å². The highest BCUT2D eigenvalue weighted by molar-refractivity contribution is 5.76. The standard InChI is InChI=1S/C14H23NO3/c1-8(2)13(14(16)17-6)15-10(4)12-7-9(3)18-11(12)5/h7-8,10,13,15H,1-6H3/t10?,13-/m1/s1. The van der Waals surface area contributed by atoms with Crippen LogP contribution in [0.3, 0.4) is 0 Å². The van der Waals surface area contributed by atoms with Crippen LogP contribution in [0.5, 0.6) is 0 Å². The van der Waals surface area contributed by atoms with Crippen molar-refractivity contribution in [2.45, 2.75) is 46.7 Å². The average molecular weight is 253 g/mol. The molecule has 0 aliphatic rings. The second-order valence-corrected chi connectivity index (χ2v) is 5.00. The zero-order chi connectivity index (χ0) is 13.9. The number of hydrogen-bond donors (Lipinski definition) is 1. The van der Waals surface area contributed by atoms with E-state index in [1.165, 1.54) is 7.11 Å². The largest absolute Gasteiger partial charge is 0.468 e. The summed E-state index contributed by atoms with van der Waals surface area (Å²) in [6.07, 6.45) is 0. The van der Waals surface area contributed by atoms with Gasteiger partial charge in [-0.25, -0.2) is 0 Å². The van der Waals surface area contributed by atoms with E-state index in [-0.39, 0.29) is 24.0 Å². The summed E-state index contributed by atoms with van der Waals surface area (Å²) >= 11 is 0. The van der Waals surface area contributed by atoms with Gasteiger partial charge in [0.2, 0.25) is 0 Å². The van der Waals surface area contributed by atoms with Gasteiger partial charge in [-0.3, -0.25) is 10.1 Å². The maximum Gasteiger partial charge on any atom is 0.323 e. The van der Waals surface area contributed by atoms with Crippen LogP contribution in [0, 0.1) is 19.8 Å². The minimum atomic E-state index is -0.306. The van der Waals surface area contributed by atoms with E-state index in [1.807, 2.05) is 40.7 Å². The van der Waals surface area contributed by atoms with E-state index in [0.29, 0.717) is 0 Å². The monoisotopic (exact) mass is 253 g/mol. The van der Waals surface area contributed by atoms with Crippen molar-refractivity contribution in [3.05, 3.63) is 23.2 Å². The van der Waals surface area contributed by atoms with Crippen molar-refractivity contribution in [3.63, 3.8) is 0 Å². The van der Waals surface area contributed by atoms with Crippen LogP contribution in [0.1, 0.15) is 43.9 Å². The molecule has 0 bridgehead atoms. The molecule has 4 heteroatoms. The minimum absolute atomic E-state index is 0.0500. The highest BCUT2D eigenvalue weighted by Crippen LogP contribution is 2.22. The van der Waals surface area contributed by atoms with Gasteiger partial charge in [-0.15, -0.1) is 0 Å². The van der Waals surface area contributed by atoms with Gasteiger partial charge in [0.1, 0.15) is 17.6 Å². The van der Waals surface area contributed by atoms with E-state index in [9.17, 15) is 4.79 Å². The summed E-state index contributed by atoms with van der Waals surface area (Å²) in [5, 5.41) is 3.30. The van der Waals surface area contributed by atoms with Crippen LogP contribution in [0.4, 0.5) is 0 Å². The van der Waals surface area contributed by atoms with Crippen LogP contribution in [-0.2, 0) is 9.53 Å². The first-order valence-electron chi connectivity index (χ1n) is 6.27. The van der Waals surface area contributed by atoms with Gasteiger partial charge < -0.3 is 9.15 Å². The summed E-state index contributed by atoms with van der Waals surface area (Å²) in [5.74, 6) is 1.72. The lowest BCUT2D eigenvalue weighted by Crippen LogP contribution is -2.43. The third-order valence-electron chi connectivity index (χ3n) is 3.10. The zero-order valence-electron chi connectivity index (χ0n) is 12.0. The Morgan fingerprint density at radius 3 is 2.33 bits per heavy atom. The number of aryl methyl sites for hydroxylation is 2. The Morgan fingerprint density at radius 2 is 1.94 bits per heavy atom. The van der Waals surface area contributed by atoms with Crippen molar-refractivity contribution >= 4 is 5.97 Å². The number of esters is 1. The molecule has 1 aromatic heterocycles. The van der Waals surface area contributed by atoms with Crippen molar-refractivity contribution in [1.82, 2.24) is 5.32 Å². The van der Waals surface area contributed by atoms with Crippen molar-refractivity contribution < 1.29 is 13.9 Å². The molecule has 0 aromatic carbocycles. The summed E-state index contributed by atoms with van der Waals surface area (Å²) < 4.78 is 10.3. The number of methoxy groups -OCH3 is 1. The van der Waals surface area contributed by atoms with E-state index in [4.69, 9.17) is 9.15 Å². The van der Waals surface area contributed by atoms with Crippen LogP contribution in [0.2, 0.25) is 0 Å². The number of carbonyl (C=O) groups is 1. The van der Waals surface area contributed by atoms with Crippen molar-refractivity contribution in [2.75, 3.05) is 7.11 Å². The van der Waals surface area contributed by atoms with Gasteiger partial charge in [-0.2, -0.15) is 0 Å². The number of rotatable bonds is 5. The fourth-order valence-corrected chi connectivity index (χ4v) is 2.10. The lowest BCUT2D eigenvalue weighted by atomic mass is 10.0. The summed E-state index contributed by atoms with van der Waals surface area (Å²) in [6, 6.07) is 1.75. The third kappa shape index (κ3) is 3.35. The fourth-order valence-electron chi connectivity index (χ4n) is 2.10. The van der Waals surface area contributed by atoms with Crippen LogP contribution in [-0.4, -0.2) is 19.1 Å². The van der Waals surface area contributed by atoms with Gasteiger partial charge >= 0.3 is 5.97 Å². The maximum atomic E-state index is 11.7. The molecule has 0 aliphatic carbocycles. The Hall–Kier alpha value is -1.29. The summed E-state index contributed by atoms with van der Waals surface area (Å²) in [6.45, 7) is 9.87. The molecule has 0 fully saturated rings. The lowest BCUT2D eigenvalue weighted by molar-refractivity contribution is -0.144. The molecule has 4 nitrogen and oxygen atoms in total. The van der Waals surface area contributed by atoms with Gasteiger partial charge in [0.15, 0.2) is 0 Å². The molecular weight excluding hydrogens is 230 g/mol. The molecule has 0 amide bonds. The lowest BCUT2D eigenvalue weighted by Gasteiger charge is -2.24. The van der Waals surface area contributed by atoms with E-state index in [2.05, 4.69) is 5.32 Å². The maximum absolute atomic E-state index is 11.7. The molecule has 2 atom stereocenters. The molecule has 1 N–H and O–H groups in total. The van der Waals surface area contributed by atoms with E-state index in [0.717, 1.165) is 17.1 Å². The molecule has 1 aromatic rings. The van der Waals surface area contributed by atoms with Gasteiger partial charge in [-0.1, -0.05) is 13.8 Å². The SMILES string of the molecule is COC(=O)[C@H](NC(C)c1cc(C)oc1C)C(C)C. The minimum Gasteiger partial charge on any atom is -0.468 e. The average Bonchev–Trinajstić information content (AvgIpc) is 2.63. The van der Waals surface area contributed by atoms with Gasteiger partial charge in [0.05, 0.1) is 7.11 Å². The van der Waals surface area contributed by atoms with Crippen molar-refractivity contribution in [3.8, 4) is 0 Å². The molecular formula is C14H23NO3. The summed E-state index contributed by atoms with van der Waals surface area (Å²) in [5.41, 5.74) is 1.09. The van der Waals surface area contributed by atoms with Gasteiger partial charge in [0.25, 0.3) is 0 Å². The Balaban J connectivity index is 2.81. The zero-order valence-corrected chi connectivity index (χ0v) is 12.0. The van der Waals surface area contributed by atoms with Crippen LogP contribution in [0.25, 0.3) is 0 Å². The number of nitrogens with one attached hydrogen (secondary N) is 1. The first kappa shape index (κ1) is 14.8. The first-order chi connectivity index (χ1) is 8.36. The van der Waals surface area contributed by atoms with Gasteiger partial charge in [-0.05, 0) is 32.8 Å². The fraction of sp³-hybridized carbons (Fsp3) is 0.643. The van der Waals surface area contributed by atoms with Crippen LogP contribution >= 0.6 is 0 Å². The highest BCUT2D eigenvalue weighted by atomic mass is 16.5. The highest BCUT2D eigenvalue weighted by Gasteiger charge is 2.26. The quantitative estimate of drug-likeness (QED) is 0.820.